The Kier molecular flexibility index (Phi) is 7.28. The van der Waals surface area contributed by atoms with E-state index < -0.39 is 0 Å². The molecule has 18 heavy (non-hydrogen) atoms. The van der Waals surface area contributed by atoms with E-state index in [9.17, 15) is 4.79 Å². The Labute approximate surface area is 111 Å². The second-order valence-corrected chi connectivity index (χ2v) is 5.61. The molecule has 1 rings (SSSR count). The van der Waals surface area contributed by atoms with Crippen LogP contribution in [0, 0.1) is 0 Å². The summed E-state index contributed by atoms with van der Waals surface area (Å²) in [5.41, 5.74) is 0. The summed E-state index contributed by atoms with van der Waals surface area (Å²) in [6, 6.07) is 0.980. The number of hydrogen-bond donors (Lipinski definition) is 2. The smallest absolute Gasteiger partial charge is 0.220 e. The van der Waals surface area contributed by atoms with Crippen molar-refractivity contribution in [1.29, 1.82) is 0 Å². The Balaban J connectivity index is 2.02. The molecule has 1 aliphatic heterocycles. The van der Waals surface area contributed by atoms with Crippen molar-refractivity contribution in [3.8, 4) is 0 Å². The van der Waals surface area contributed by atoms with Crippen molar-refractivity contribution < 1.29 is 4.79 Å². The first-order valence-corrected chi connectivity index (χ1v) is 7.33. The van der Waals surface area contributed by atoms with Crippen LogP contribution in [0.3, 0.4) is 0 Å². The van der Waals surface area contributed by atoms with Gasteiger partial charge in [-0.2, -0.15) is 0 Å². The summed E-state index contributed by atoms with van der Waals surface area (Å²) >= 11 is 0. The number of nitrogens with zero attached hydrogens (tertiary/aromatic N) is 1. The molecule has 0 radical (unpaired) electrons. The van der Waals surface area contributed by atoms with Crippen LogP contribution in [-0.4, -0.2) is 49.1 Å². The first-order chi connectivity index (χ1) is 8.59. The zero-order valence-corrected chi connectivity index (χ0v) is 12.2. The number of amides is 1. The summed E-state index contributed by atoms with van der Waals surface area (Å²) in [4.78, 5) is 14.1. The topological polar surface area (TPSA) is 44.4 Å². The van der Waals surface area contributed by atoms with E-state index in [0.29, 0.717) is 18.5 Å². The monoisotopic (exact) mass is 255 g/mol. The van der Waals surface area contributed by atoms with Crippen molar-refractivity contribution >= 4 is 5.91 Å². The molecule has 1 saturated heterocycles. The predicted molar refractivity (Wildman–Crippen MR) is 75.7 cm³/mol. The maximum atomic E-state index is 11.6. The van der Waals surface area contributed by atoms with Gasteiger partial charge in [-0.25, -0.2) is 0 Å². The Morgan fingerprint density at radius 3 is 2.50 bits per heavy atom. The lowest BCUT2D eigenvalue weighted by Crippen LogP contribution is -2.40. The third-order valence-electron chi connectivity index (χ3n) is 3.49. The van der Waals surface area contributed by atoms with Crippen LogP contribution in [0.4, 0.5) is 0 Å². The number of hydrogen-bond acceptors (Lipinski definition) is 3. The van der Waals surface area contributed by atoms with E-state index in [0.717, 1.165) is 19.5 Å². The zero-order valence-electron chi connectivity index (χ0n) is 12.2. The molecule has 106 valence electrons. The lowest BCUT2D eigenvalue weighted by Gasteiger charge is -2.23. The molecule has 0 aromatic heterocycles. The molecule has 1 heterocycles. The van der Waals surface area contributed by atoms with E-state index in [2.05, 4.69) is 36.3 Å². The first kappa shape index (κ1) is 15.4. The van der Waals surface area contributed by atoms with E-state index >= 15 is 0 Å². The van der Waals surface area contributed by atoms with Crippen molar-refractivity contribution in [2.24, 2.45) is 0 Å². The Morgan fingerprint density at radius 2 is 1.89 bits per heavy atom. The van der Waals surface area contributed by atoms with E-state index in [4.69, 9.17) is 0 Å². The highest BCUT2D eigenvalue weighted by Gasteiger charge is 2.18. The molecule has 0 saturated carbocycles. The van der Waals surface area contributed by atoms with Crippen LogP contribution >= 0.6 is 0 Å². The van der Waals surface area contributed by atoms with Gasteiger partial charge in [-0.1, -0.05) is 13.8 Å². The van der Waals surface area contributed by atoms with Crippen LogP contribution in [-0.2, 0) is 4.79 Å². The number of nitrogens with one attached hydrogen (secondary N) is 2. The summed E-state index contributed by atoms with van der Waals surface area (Å²) in [5.74, 6) is 0.187. The zero-order chi connectivity index (χ0) is 13.4. The Bertz CT molecular complexity index is 237. The van der Waals surface area contributed by atoms with Gasteiger partial charge in [0, 0.05) is 25.0 Å². The molecule has 1 amide bonds. The molecule has 1 unspecified atom stereocenters. The van der Waals surface area contributed by atoms with Gasteiger partial charge >= 0.3 is 0 Å². The summed E-state index contributed by atoms with van der Waals surface area (Å²) in [7, 11) is 0. The fraction of sp³-hybridized carbons (Fsp3) is 0.929. The highest BCUT2D eigenvalue weighted by Crippen LogP contribution is 2.10. The van der Waals surface area contributed by atoms with Gasteiger partial charge in [-0.05, 0) is 45.8 Å². The van der Waals surface area contributed by atoms with Crippen LogP contribution in [0.15, 0.2) is 0 Å². The van der Waals surface area contributed by atoms with Crippen molar-refractivity contribution in [3.05, 3.63) is 0 Å². The lowest BCUT2D eigenvalue weighted by molar-refractivity contribution is -0.121. The molecule has 4 heteroatoms. The van der Waals surface area contributed by atoms with Gasteiger partial charge < -0.3 is 10.6 Å². The van der Waals surface area contributed by atoms with Crippen molar-refractivity contribution in [2.75, 3.05) is 26.2 Å². The van der Waals surface area contributed by atoms with Gasteiger partial charge in [-0.15, -0.1) is 0 Å². The minimum atomic E-state index is 0.187. The standard InChI is InChI=1S/C14H29N3O/c1-12(2)15-8-6-7-14(18)16-11-13(3)17-9-4-5-10-17/h12-13,15H,4-11H2,1-3H3,(H,16,18). The van der Waals surface area contributed by atoms with Crippen molar-refractivity contribution in [1.82, 2.24) is 15.5 Å². The molecule has 1 atom stereocenters. The molecule has 0 aliphatic carbocycles. The van der Waals surface area contributed by atoms with E-state index in [-0.39, 0.29) is 5.91 Å². The van der Waals surface area contributed by atoms with E-state index in [1.165, 1.54) is 25.9 Å². The molecule has 0 bridgehead atoms. The SMILES string of the molecule is CC(C)NCCCC(=O)NCC(C)N1CCCC1. The highest BCUT2D eigenvalue weighted by molar-refractivity contribution is 5.75. The second-order valence-electron chi connectivity index (χ2n) is 5.61. The van der Waals surface area contributed by atoms with Crippen molar-refractivity contribution in [3.63, 3.8) is 0 Å². The first-order valence-electron chi connectivity index (χ1n) is 7.33. The molecule has 2 N–H and O–H groups in total. The number of carbonyl (C=O) groups is 1. The molecule has 0 aromatic carbocycles. The van der Waals surface area contributed by atoms with Gasteiger partial charge in [-0.3, -0.25) is 9.69 Å². The van der Waals surface area contributed by atoms with Crippen LogP contribution in [0.25, 0.3) is 0 Å². The summed E-state index contributed by atoms with van der Waals surface area (Å²) < 4.78 is 0. The van der Waals surface area contributed by atoms with Gasteiger partial charge in [0.15, 0.2) is 0 Å². The largest absolute Gasteiger partial charge is 0.355 e. The van der Waals surface area contributed by atoms with E-state index in [1.54, 1.807) is 0 Å². The van der Waals surface area contributed by atoms with Crippen LogP contribution in [0.2, 0.25) is 0 Å². The minimum Gasteiger partial charge on any atom is -0.355 e. The molecule has 4 nitrogen and oxygen atoms in total. The molecular weight excluding hydrogens is 226 g/mol. The van der Waals surface area contributed by atoms with Crippen molar-refractivity contribution in [2.45, 2.75) is 58.5 Å². The van der Waals surface area contributed by atoms with Gasteiger partial charge in [0.1, 0.15) is 0 Å². The molecule has 1 aliphatic rings. The number of likely N-dealkylation sites (tertiary alicyclic amines) is 1. The average Bonchev–Trinajstić information content (AvgIpc) is 2.85. The maximum absolute atomic E-state index is 11.6. The van der Waals surface area contributed by atoms with E-state index in [1.807, 2.05) is 0 Å². The summed E-state index contributed by atoms with van der Waals surface area (Å²) in [6.45, 7) is 10.5. The Morgan fingerprint density at radius 1 is 1.22 bits per heavy atom. The average molecular weight is 255 g/mol. The molecular formula is C14H29N3O. The lowest BCUT2D eigenvalue weighted by atomic mass is 10.2. The normalized spacial score (nSPS) is 18.2. The molecule has 1 fully saturated rings. The summed E-state index contributed by atoms with van der Waals surface area (Å²) in [6.07, 6.45) is 4.16. The number of rotatable bonds is 8. The third-order valence-corrected chi connectivity index (χ3v) is 3.49. The second kappa shape index (κ2) is 8.48. The van der Waals surface area contributed by atoms with Crippen LogP contribution in [0.5, 0.6) is 0 Å². The fourth-order valence-electron chi connectivity index (χ4n) is 2.30. The van der Waals surface area contributed by atoms with Crippen LogP contribution < -0.4 is 10.6 Å². The number of carbonyl (C=O) groups excluding carboxylic acids is 1. The quantitative estimate of drug-likeness (QED) is 0.644. The summed E-state index contributed by atoms with van der Waals surface area (Å²) in [5, 5.41) is 6.36. The molecule has 0 spiro atoms. The maximum Gasteiger partial charge on any atom is 0.220 e. The van der Waals surface area contributed by atoms with Gasteiger partial charge in [0.2, 0.25) is 5.91 Å². The highest BCUT2D eigenvalue weighted by atomic mass is 16.1. The van der Waals surface area contributed by atoms with Gasteiger partial charge in [0.05, 0.1) is 0 Å². The van der Waals surface area contributed by atoms with Gasteiger partial charge in [0.25, 0.3) is 0 Å². The fourth-order valence-corrected chi connectivity index (χ4v) is 2.30. The third kappa shape index (κ3) is 6.36. The minimum absolute atomic E-state index is 0.187. The predicted octanol–water partition coefficient (Wildman–Crippen LogP) is 1.37. The van der Waals surface area contributed by atoms with Crippen LogP contribution in [0.1, 0.15) is 46.5 Å². The molecule has 0 aromatic rings. The Hall–Kier alpha value is -0.610.